The number of H-pyrrole nitrogens is 1. The Bertz CT molecular complexity index is 720. The molecule has 0 aliphatic heterocycles. The van der Waals surface area contributed by atoms with E-state index >= 15 is 0 Å². The van der Waals surface area contributed by atoms with Crippen molar-refractivity contribution in [1.82, 2.24) is 15.2 Å². The third-order valence-electron chi connectivity index (χ3n) is 2.99. The number of rotatable bonds is 2. The molecule has 2 heterocycles. The molecule has 5 nitrogen and oxygen atoms in total. The molecule has 0 aliphatic rings. The normalized spacial score (nSPS) is 10.6. The Labute approximate surface area is 109 Å². The summed E-state index contributed by atoms with van der Waals surface area (Å²) >= 11 is 0. The van der Waals surface area contributed by atoms with Crippen LogP contribution in [0, 0.1) is 0 Å². The molecule has 0 atom stereocenters. The van der Waals surface area contributed by atoms with E-state index in [4.69, 9.17) is 0 Å². The molecule has 1 amide bonds. The number of nitrogens with one attached hydrogen (secondary N) is 1. The molecule has 3 rings (SSSR count). The maximum atomic E-state index is 12.4. The summed E-state index contributed by atoms with van der Waals surface area (Å²) in [4.78, 5) is 18.1. The fourth-order valence-corrected chi connectivity index (χ4v) is 1.92. The third kappa shape index (κ3) is 2.06. The van der Waals surface area contributed by atoms with Crippen molar-refractivity contribution < 1.29 is 4.79 Å². The Balaban J connectivity index is 1.95. The van der Waals surface area contributed by atoms with E-state index in [2.05, 4.69) is 15.2 Å². The van der Waals surface area contributed by atoms with Crippen molar-refractivity contribution in [3.8, 4) is 0 Å². The molecule has 1 N–H and O–H groups in total. The number of aromatic amines is 1. The highest BCUT2D eigenvalue weighted by atomic mass is 16.2. The first kappa shape index (κ1) is 11.4. The van der Waals surface area contributed by atoms with Gasteiger partial charge in [0.25, 0.3) is 5.91 Å². The van der Waals surface area contributed by atoms with Crippen LogP contribution in [-0.4, -0.2) is 28.1 Å². The van der Waals surface area contributed by atoms with Crippen LogP contribution in [0.3, 0.4) is 0 Å². The fourth-order valence-electron chi connectivity index (χ4n) is 1.92. The predicted octanol–water partition coefficient (Wildman–Crippen LogP) is 2.23. The molecule has 94 valence electrons. The lowest BCUT2D eigenvalue weighted by molar-refractivity contribution is 0.0992. The zero-order chi connectivity index (χ0) is 13.2. The van der Waals surface area contributed by atoms with Crippen LogP contribution in [0.25, 0.3) is 10.9 Å². The number of carbonyl (C=O) groups excluding carboxylic acids is 1. The molecule has 5 heteroatoms. The highest BCUT2D eigenvalue weighted by molar-refractivity contribution is 6.06. The minimum Gasteiger partial charge on any atom is -0.296 e. The molecule has 0 aliphatic carbocycles. The number of benzene rings is 1. The van der Waals surface area contributed by atoms with Gasteiger partial charge in [0.05, 0.1) is 11.7 Å². The lowest BCUT2D eigenvalue weighted by atomic mass is 10.1. The average molecular weight is 252 g/mol. The van der Waals surface area contributed by atoms with Gasteiger partial charge in [-0.05, 0) is 24.3 Å². The van der Waals surface area contributed by atoms with Gasteiger partial charge in [0.15, 0.2) is 0 Å². The van der Waals surface area contributed by atoms with Gasteiger partial charge in [0, 0.05) is 24.2 Å². The van der Waals surface area contributed by atoms with E-state index in [-0.39, 0.29) is 5.91 Å². The SMILES string of the molecule is CN(C(=O)c1ccc2cn[nH]c2c1)c1ccccn1. The second kappa shape index (κ2) is 4.53. The number of hydrogen-bond acceptors (Lipinski definition) is 3. The second-order valence-corrected chi connectivity index (χ2v) is 4.22. The first-order valence-electron chi connectivity index (χ1n) is 5.88. The summed E-state index contributed by atoms with van der Waals surface area (Å²) in [5.74, 6) is 0.521. The minimum absolute atomic E-state index is 0.102. The van der Waals surface area contributed by atoms with Crippen LogP contribution < -0.4 is 4.90 Å². The molecular formula is C14H12N4O. The predicted molar refractivity (Wildman–Crippen MR) is 73.1 cm³/mol. The van der Waals surface area contributed by atoms with Gasteiger partial charge in [-0.2, -0.15) is 5.10 Å². The largest absolute Gasteiger partial charge is 0.296 e. The first-order chi connectivity index (χ1) is 9.25. The van der Waals surface area contributed by atoms with Crippen LogP contribution in [-0.2, 0) is 0 Å². The van der Waals surface area contributed by atoms with E-state index < -0.39 is 0 Å². The molecule has 0 saturated carbocycles. The van der Waals surface area contributed by atoms with Crippen LogP contribution in [0.5, 0.6) is 0 Å². The second-order valence-electron chi connectivity index (χ2n) is 4.22. The molecule has 0 fully saturated rings. The third-order valence-corrected chi connectivity index (χ3v) is 2.99. The van der Waals surface area contributed by atoms with Crippen molar-refractivity contribution in [3.63, 3.8) is 0 Å². The van der Waals surface area contributed by atoms with Crippen molar-refractivity contribution in [1.29, 1.82) is 0 Å². The van der Waals surface area contributed by atoms with Crippen LogP contribution in [0.4, 0.5) is 5.82 Å². The molecule has 0 unspecified atom stereocenters. The summed E-state index contributed by atoms with van der Waals surface area (Å²) in [7, 11) is 1.71. The van der Waals surface area contributed by atoms with Crippen molar-refractivity contribution in [2.24, 2.45) is 0 Å². The highest BCUT2D eigenvalue weighted by Gasteiger charge is 2.14. The Morgan fingerprint density at radius 1 is 1.26 bits per heavy atom. The number of aromatic nitrogens is 3. The standard InChI is InChI=1S/C14H12N4O/c1-18(13-4-2-3-7-15-13)14(19)10-5-6-11-9-16-17-12(11)8-10/h2-9H,1H3,(H,16,17). The van der Waals surface area contributed by atoms with Crippen molar-refractivity contribution >= 4 is 22.6 Å². The van der Waals surface area contributed by atoms with Crippen LogP contribution in [0.2, 0.25) is 0 Å². The van der Waals surface area contributed by atoms with E-state index in [1.165, 1.54) is 4.90 Å². The number of nitrogens with zero attached hydrogens (tertiary/aromatic N) is 3. The van der Waals surface area contributed by atoms with Gasteiger partial charge in [-0.3, -0.25) is 14.8 Å². The molecular weight excluding hydrogens is 240 g/mol. The monoisotopic (exact) mass is 252 g/mol. The summed E-state index contributed by atoms with van der Waals surface area (Å²) in [6.45, 7) is 0. The van der Waals surface area contributed by atoms with Crippen molar-refractivity contribution in [2.45, 2.75) is 0 Å². The fraction of sp³-hybridized carbons (Fsp3) is 0.0714. The smallest absolute Gasteiger partial charge is 0.259 e. The molecule has 0 radical (unpaired) electrons. The van der Waals surface area contributed by atoms with Gasteiger partial charge < -0.3 is 0 Å². The number of pyridine rings is 1. The lowest BCUT2D eigenvalue weighted by Crippen LogP contribution is -2.26. The number of hydrogen-bond donors (Lipinski definition) is 1. The van der Waals surface area contributed by atoms with Gasteiger partial charge in [-0.15, -0.1) is 0 Å². The van der Waals surface area contributed by atoms with Crippen molar-refractivity contribution in [3.05, 3.63) is 54.4 Å². The molecule has 2 aromatic heterocycles. The Morgan fingerprint density at radius 3 is 2.95 bits per heavy atom. The lowest BCUT2D eigenvalue weighted by Gasteiger charge is -2.15. The van der Waals surface area contributed by atoms with Gasteiger partial charge >= 0.3 is 0 Å². The number of amides is 1. The zero-order valence-corrected chi connectivity index (χ0v) is 10.4. The van der Waals surface area contributed by atoms with E-state index in [0.29, 0.717) is 11.4 Å². The van der Waals surface area contributed by atoms with Gasteiger partial charge in [0.1, 0.15) is 5.82 Å². The molecule has 0 saturated heterocycles. The topological polar surface area (TPSA) is 61.9 Å². The molecule has 0 bridgehead atoms. The quantitative estimate of drug-likeness (QED) is 0.760. The number of fused-ring (bicyclic) bond motifs is 1. The maximum Gasteiger partial charge on any atom is 0.259 e. The average Bonchev–Trinajstić information content (AvgIpc) is 2.94. The molecule has 0 spiro atoms. The van der Waals surface area contributed by atoms with Crippen LogP contribution in [0.15, 0.2) is 48.8 Å². The van der Waals surface area contributed by atoms with E-state index in [1.807, 2.05) is 18.2 Å². The Morgan fingerprint density at radius 2 is 2.16 bits per heavy atom. The van der Waals surface area contributed by atoms with E-state index in [0.717, 1.165) is 10.9 Å². The molecule has 3 aromatic rings. The van der Waals surface area contributed by atoms with E-state index in [9.17, 15) is 4.79 Å². The summed E-state index contributed by atoms with van der Waals surface area (Å²) in [6, 6.07) is 10.9. The van der Waals surface area contributed by atoms with Gasteiger partial charge in [0.2, 0.25) is 0 Å². The summed E-state index contributed by atoms with van der Waals surface area (Å²) < 4.78 is 0. The maximum absolute atomic E-state index is 12.4. The minimum atomic E-state index is -0.102. The van der Waals surface area contributed by atoms with Crippen LogP contribution >= 0.6 is 0 Å². The number of carbonyl (C=O) groups is 1. The van der Waals surface area contributed by atoms with E-state index in [1.54, 1.807) is 37.6 Å². The van der Waals surface area contributed by atoms with Crippen molar-refractivity contribution in [2.75, 3.05) is 11.9 Å². The van der Waals surface area contributed by atoms with Crippen LogP contribution in [0.1, 0.15) is 10.4 Å². The summed E-state index contributed by atoms with van der Waals surface area (Å²) in [5, 5.41) is 7.78. The zero-order valence-electron chi connectivity index (χ0n) is 10.4. The van der Waals surface area contributed by atoms with Gasteiger partial charge in [-0.25, -0.2) is 4.98 Å². The summed E-state index contributed by atoms with van der Waals surface area (Å²) in [6.07, 6.45) is 3.39. The Hall–Kier alpha value is -2.69. The number of anilines is 1. The first-order valence-corrected chi connectivity index (χ1v) is 5.88. The molecule has 1 aromatic carbocycles. The summed E-state index contributed by atoms with van der Waals surface area (Å²) in [5.41, 5.74) is 1.45. The molecule has 19 heavy (non-hydrogen) atoms. The highest BCUT2D eigenvalue weighted by Crippen LogP contribution is 2.16. The Kier molecular flexibility index (Phi) is 2.72. The van der Waals surface area contributed by atoms with Gasteiger partial charge in [-0.1, -0.05) is 12.1 Å².